The molecule has 0 amide bonds. The fourth-order valence-corrected chi connectivity index (χ4v) is 1.39. The Hall–Kier alpha value is 1.10. The average Bonchev–Trinajstić information content (AvgIpc) is 1.83. The molecule has 0 aromatic heterocycles. The molecule has 0 aliphatic rings. The van der Waals surface area contributed by atoms with Crippen molar-refractivity contribution < 1.29 is 5.11 Å². The summed E-state index contributed by atoms with van der Waals surface area (Å²) in [5.74, 6) is 0. The Labute approximate surface area is 75.3 Å². The highest BCUT2D eigenvalue weighted by Gasteiger charge is 2.04. The molecule has 4 heteroatoms. The minimum atomic E-state index is -0.206. The lowest BCUT2D eigenvalue weighted by Gasteiger charge is -2.06. The Bertz CT molecular complexity index is 72.0. The highest BCUT2D eigenvalue weighted by Crippen LogP contribution is 2.13. The van der Waals surface area contributed by atoms with Crippen LogP contribution in [0.15, 0.2) is 0 Å². The van der Waals surface area contributed by atoms with Crippen LogP contribution in [-0.2, 0) is 0 Å². The molecule has 9 heavy (non-hydrogen) atoms. The maximum atomic E-state index is 9.04. The lowest BCUT2D eigenvalue weighted by Crippen LogP contribution is -2.06. The van der Waals surface area contributed by atoms with Gasteiger partial charge < -0.3 is 5.11 Å². The third-order valence-electron chi connectivity index (χ3n) is 0.772. The van der Waals surface area contributed by atoms with Gasteiger partial charge in [-0.2, -0.15) is 11.6 Å². The Kier molecular flexibility index (Phi) is 6.58. The van der Waals surface area contributed by atoms with Crippen LogP contribution in [0, 0.1) is 0 Å². The standard InChI is InChI=1S/C5H11BIOS/c1-3-5(8)9-6-4(2)7/h4-5,8H,3H2,1-2H3. The van der Waals surface area contributed by atoms with E-state index in [1.165, 1.54) is 11.6 Å². The number of hydrogen-bond donors (Lipinski definition) is 1. The highest BCUT2D eigenvalue weighted by molar-refractivity contribution is 14.1. The Morgan fingerprint density at radius 3 is 2.67 bits per heavy atom. The van der Waals surface area contributed by atoms with E-state index in [-0.39, 0.29) is 5.44 Å². The Balaban J connectivity index is 3.06. The van der Waals surface area contributed by atoms with Crippen LogP contribution in [0.5, 0.6) is 0 Å². The second kappa shape index (κ2) is 5.86. The summed E-state index contributed by atoms with van der Waals surface area (Å²) in [6.45, 7) is 6.12. The molecule has 0 heterocycles. The summed E-state index contributed by atoms with van der Waals surface area (Å²) < 4.78 is 0.536. The quantitative estimate of drug-likeness (QED) is 0.359. The van der Waals surface area contributed by atoms with Gasteiger partial charge >= 0.3 is 0 Å². The van der Waals surface area contributed by atoms with Crippen LogP contribution in [-0.4, -0.2) is 20.9 Å². The molecule has 0 aromatic carbocycles. The number of rotatable bonds is 4. The lowest BCUT2D eigenvalue weighted by molar-refractivity contribution is 0.261. The van der Waals surface area contributed by atoms with E-state index in [0.717, 1.165) is 6.42 Å². The molecule has 0 saturated heterocycles. The molecular formula is C5H11BIOS. The van der Waals surface area contributed by atoms with Crippen LogP contribution in [0.25, 0.3) is 0 Å². The van der Waals surface area contributed by atoms with E-state index in [4.69, 9.17) is 5.11 Å². The largest absolute Gasteiger partial charge is 0.383 e. The molecule has 1 nitrogen and oxygen atoms in total. The normalized spacial score (nSPS) is 16.9. The monoisotopic (exact) mass is 257 g/mol. The molecule has 2 unspecified atom stereocenters. The summed E-state index contributed by atoms with van der Waals surface area (Å²) in [6.07, 6.45) is 0.824. The number of alkyl halides is 1. The molecule has 0 fully saturated rings. The molecule has 53 valence electrons. The predicted octanol–water partition coefficient (Wildman–Crippen LogP) is 1.85. The minimum absolute atomic E-state index is 0.206. The zero-order valence-corrected chi connectivity index (χ0v) is 8.65. The van der Waals surface area contributed by atoms with Crippen LogP contribution in [0.1, 0.15) is 20.3 Å². The van der Waals surface area contributed by atoms with Crippen LogP contribution in [0.2, 0.25) is 0 Å². The number of halogens is 1. The topological polar surface area (TPSA) is 20.2 Å². The first-order chi connectivity index (χ1) is 4.16. The van der Waals surface area contributed by atoms with Gasteiger partial charge in [0.05, 0.1) is 5.44 Å². The van der Waals surface area contributed by atoms with E-state index in [9.17, 15) is 0 Å². The Morgan fingerprint density at radius 1 is 1.78 bits per heavy atom. The van der Waals surface area contributed by atoms with Crippen molar-refractivity contribution in [2.75, 3.05) is 0 Å². The molecule has 0 aliphatic carbocycles. The first kappa shape index (κ1) is 10.1. The summed E-state index contributed by atoms with van der Waals surface area (Å²) in [4.78, 5) is 0. The minimum Gasteiger partial charge on any atom is -0.383 e. The van der Waals surface area contributed by atoms with Crippen molar-refractivity contribution in [2.24, 2.45) is 0 Å². The SMILES string of the molecule is CCC(O)S[B]C(C)I. The number of aliphatic hydroxyl groups is 1. The fraction of sp³-hybridized carbons (Fsp3) is 1.00. The summed E-state index contributed by atoms with van der Waals surface area (Å²) >= 11 is 3.81. The molecule has 0 bridgehead atoms. The Morgan fingerprint density at radius 2 is 2.33 bits per heavy atom. The van der Waals surface area contributed by atoms with E-state index in [0.29, 0.717) is 3.82 Å². The summed E-state index contributed by atoms with van der Waals surface area (Å²) in [7, 11) is 0. The van der Waals surface area contributed by atoms with Crippen molar-refractivity contribution in [1.82, 2.24) is 0 Å². The summed E-state index contributed by atoms with van der Waals surface area (Å²) in [5, 5.41) is 9.04. The van der Waals surface area contributed by atoms with Crippen molar-refractivity contribution in [2.45, 2.75) is 29.5 Å². The third-order valence-corrected chi connectivity index (χ3v) is 2.83. The first-order valence-corrected chi connectivity index (χ1v) is 5.16. The van der Waals surface area contributed by atoms with Crippen molar-refractivity contribution >= 4 is 40.8 Å². The second-order valence-electron chi connectivity index (χ2n) is 1.81. The zero-order chi connectivity index (χ0) is 7.28. The molecule has 1 N–H and O–H groups in total. The van der Waals surface area contributed by atoms with Gasteiger partial charge in [-0.15, -0.1) is 0 Å². The van der Waals surface area contributed by atoms with Gasteiger partial charge in [0.25, 0.3) is 0 Å². The first-order valence-electron chi connectivity index (χ1n) is 2.97. The number of aliphatic hydroxyl groups excluding tert-OH is 1. The fourth-order valence-electron chi connectivity index (χ4n) is 0.295. The van der Waals surface area contributed by atoms with Gasteiger partial charge in [-0.1, -0.05) is 36.4 Å². The van der Waals surface area contributed by atoms with Gasteiger partial charge in [0.1, 0.15) is 0 Å². The smallest absolute Gasteiger partial charge is 0.209 e. The maximum Gasteiger partial charge on any atom is 0.209 e. The third kappa shape index (κ3) is 7.00. The van der Waals surface area contributed by atoms with Crippen molar-refractivity contribution in [1.29, 1.82) is 0 Å². The molecule has 0 aliphatic heterocycles. The van der Waals surface area contributed by atoms with E-state index in [1.807, 2.05) is 6.92 Å². The summed E-state index contributed by atoms with van der Waals surface area (Å²) in [6, 6.07) is 0. The van der Waals surface area contributed by atoms with Crippen molar-refractivity contribution in [3.05, 3.63) is 0 Å². The average molecular weight is 257 g/mol. The molecule has 1 radical (unpaired) electrons. The van der Waals surface area contributed by atoms with Gasteiger partial charge in [0, 0.05) is 0 Å². The maximum absolute atomic E-state index is 9.04. The van der Waals surface area contributed by atoms with Crippen LogP contribution >= 0.6 is 34.2 Å². The van der Waals surface area contributed by atoms with Gasteiger partial charge in [0.15, 0.2) is 0 Å². The predicted molar refractivity (Wildman–Crippen MR) is 53.1 cm³/mol. The van der Waals surface area contributed by atoms with Gasteiger partial charge in [0.2, 0.25) is 6.56 Å². The molecular weight excluding hydrogens is 246 g/mol. The van der Waals surface area contributed by atoms with E-state index < -0.39 is 0 Å². The molecule has 2 atom stereocenters. The highest BCUT2D eigenvalue weighted by atomic mass is 127. The van der Waals surface area contributed by atoms with Crippen LogP contribution in [0.4, 0.5) is 0 Å². The van der Waals surface area contributed by atoms with Crippen LogP contribution in [0.3, 0.4) is 0 Å². The van der Waals surface area contributed by atoms with Crippen molar-refractivity contribution in [3.8, 4) is 0 Å². The van der Waals surface area contributed by atoms with E-state index in [1.54, 1.807) is 0 Å². The second-order valence-corrected chi connectivity index (χ2v) is 4.87. The molecule has 0 saturated carbocycles. The zero-order valence-electron chi connectivity index (χ0n) is 5.67. The van der Waals surface area contributed by atoms with Gasteiger partial charge in [-0.05, 0) is 10.2 Å². The summed E-state index contributed by atoms with van der Waals surface area (Å²) in [5.41, 5.74) is -0.206. The molecule has 0 spiro atoms. The van der Waals surface area contributed by atoms with Gasteiger partial charge in [-0.3, -0.25) is 0 Å². The molecule has 0 aromatic rings. The van der Waals surface area contributed by atoms with Crippen LogP contribution < -0.4 is 0 Å². The lowest BCUT2D eigenvalue weighted by atomic mass is 10.1. The van der Waals surface area contributed by atoms with E-state index in [2.05, 4.69) is 36.1 Å². The van der Waals surface area contributed by atoms with E-state index >= 15 is 0 Å². The van der Waals surface area contributed by atoms with Gasteiger partial charge in [-0.25, -0.2) is 0 Å². The molecule has 0 rings (SSSR count). The number of hydrogen-bond acceptors (Lipinski definition) is 2. The van der Waals surface area contributed by atoms with Crippen molar-refractivity contribution in [3.63, 3.8) is 0 Å².